The molecule has 3 rings (SSSR count). The van der Waals surface area contributed by atoms with Gasteiger partial charge in [0.15, 0.2) is 5.13 Å². The van der Waals surface area contributed by atoms with Gasteiger partial charge in [0.25, 0.3) is 0 Å². The molecule has 20 heavy (non-hydrogen) atoms. The van der Waals surface area contributed by atoms with Gasteiger partial charge in [0, 0.05) is 36.6 Å². The lowest BCUT2D eigenvalue weighted by Crippen LogP contribution is -2.36. The normalized spacial score (nSPS) is 25.6. The SMILES string of the molecule is CNC(C)c1sc(N2CCCN3CCCC3C2)nc1C. The summed E-state index contributed by atoms with van der Waals surface area (Å²) in [5.41, 5.74) is 1.19. The van der Waals surface area contributed by atoms with Crippen molar-refractivity contribution in [2.75, 3.05) is 38.1 Å². The lowest BCUT2D eigenvalue weighted by molar-refractivity contribution is 0.273. The van der Waals surface area contributed by atoms with Gasteiger partial charge >= 0.3 is 0 Å². The van der Waals surface area contributed by atoms with Crippen molar-refractivity contribution in [1.29, 1.82) is 0 Å². The summed E-state index contributed by atoms with van der Waals surface area (Å²) in [6, 6.07) is 1.16. The van der Waals surface area contributed by atoms with Gasteiger partial charge < -0.3 is 10.2 Å². The molecule has 2 saturated heterocycles. The monoisotopic (exact) mass is 294 g/mol. The summed E-state index contributed by atoms with van der Waals surface area (Å²) in [5, 5.41) is 4.56. The molecule has 0 spiro atoms. The van der Waals surface area contributed by atoms with Gasteiger partial charge in [-0.25, -0.2) is 4.98 Å². The van der Waals surface area contributed by atoms with Gasteiger partial charge in [0.1, 0.15) is 0 Å². The van der Waals surface area contributed by atoms with Crippen molar-refractivity contribution in [2.45, 2.75) is 45.2 Å². The zero-order chi connectivity index (χ0) is 14.1. The average molecular weight is 294 g/mol. The number of hydrogen-bond acceptors (Lipinski definition) is 5. The van der Waals surface area contributed by atoms with Crippen LogP contribution in [0.5, 0.6) is 0 Å². The van der Waals surface area contributed by atoms with E-state index in [0.717, 1.165) is 12.6 Å². The molecular weight excluding hydrogens is 268 g/mol. The number of anilines is 1. The van der Waals surface area contributed by atoms with Crippen molar-refractivity contribution in [2.24, 2.45) is 0 Å². The van der Waals surface area contributed by atoms with Gasteiger partial charge in [-0.3, -0.25) is 4.90 Å². The van der Waals surface area contributed by atoms with E-state index < -0.39 is 0 Å². The van der Waals surface area contributed by atoms with Crippen molar-refractivity contribution in [1.82, 2.24) is 15.2 Å². The molecule has 0 aliphatic carbocycles. The minimum Gasteiger partial charge on any atom is -0.346 e. The number of nitrogens with one attached hydrogen (secondary N) is 1. The Bertz CT molecular complexity index is 459. The van der Waals surface area contributed by atoms with E-state index in [9.17, 15) is 0 Å². The van der Waals surface area contributed by atoms with Crippen LogP contribution in [0.3, 0.4) is 0 Å². The van der Waals surface area contributed by atoms with Crippen molar-refractivity contribution in [3.05, 3.63) is 10.6 Å². The maximum atomic E-state index is 4.85. The first-order valence-corrected chi connectivity index (χ1v) is 8.64. The summed E-state index contributed by atoms with van der Waals surface area (Å²) < 4.78 is 0. The fourth-order valence-corrected chi connectivity index (χ4v) is 4.60. The predicted octanol–water partition coefficient (Wildman–Crippen LogP) is 2.41. The zero-order valence-electron chi connectivity index (χ0n) is 12.9. The molecule has 2 atom stereocenters. The van der Waals surface area contributed by atoms with E-state index in [0.29, 0.717) is 6.04 Å². The van der Waals surface area contributed by atoms with E-state index in [-0.39, 0.29) is 0 Å². The van der Waals surface area contributed by atoms with E-state index in [1.807, 2.05) is 18.4 Å². The van der Waals surface area contributed by atoms with Crippen molar-refractivity contribution in [3.8, 4) is 0 Å². The van der Waals surface area contributed by atoms with Crippen LogP contribution < -0.4 is 10.2 Å². The Labute approximate surface area is 126 Å². The molecule has 2 unspecified atom stereocenters. The minimum atomic E-state index is 0.399. The third-order valence-corrected chi connectivity index (χ3v) is 6.12. The Hall–Kier alpha value is -0.650. The highest BCUT2D eigenvalue weighted by Gasteiger charge is 2.30. The van der Waals surface area contributed by atoms with Crippen LogP contribution in [-0.4, -0.2) is 49.2 Å². The number of hydrogen-bond donors (Lipinski definition) is 1. The Morgan fingerprint density at radius 3 is 2.90 bits per heavy atom. The standard InChI is InChI=1S/C15H26N4S/c1-11(16-3)14-12(2)17-15(20-14)19-9-5-8-18-7-4-6-13(18)10-19/h11,13,16H,4-10H2,1-3H3. The lowest BCUT2D eigenvalue weighted by Gasteiger charge is -2.25. The van der Waals surface area contributed by atoms with Crippen molar-refractivity contribution < 1.29 is 0 Å². The highest BCUT2D eigenvalue weighted by molar-refractivity contribution is 7.15. The third-order valence-electron chi connectivity index (χ3n) is 4.72. The highest BCUT2D eigenvalue weighted by atomic mass is 32.1. The summed E-state index contributed by atoms with van der Waals surface area (Å²) >= 11 is 1.88. The number of aromatic nitrogens is 1. The fourth-order valence-electron chi connectivity index (χ4n) is 3.44. The van der Waals surface area contributed by atoms with Gasteiger partial charge in [-0.1, -0.05) is 0 Å². The largest absolute Gasteiger partial charge is 0.346 e. The van der Waals surface area contributed by atoms with Gasteiger partial charge in [-0.05, 0) is 46.7 Å². The summed E-state index contributed by atoms with van der Waals surface area (Å²) in [5.74, 6) is 0. The maximum absolute atomic E-state index is 4.85. The molecule has 3 heterocycles. The molecule has 0 bridgehead atoms. The topological polar surface area (TPSA) is 31.4 Å². The van der Waals surface area contributed by atoms with Gasteiger partial charge in [0.2, 0.25) is 0 Å². The first kappa shape index (κ1) is 14.3. The second kappa shape index (κ2) is 6.00. The summed E-state index contributed by atoms with van der Waals surface area (Å²) in [7, 11) is 2.02. The second-order valence-electron chi connectivity index (χ2n) is 6.09. The number of aryl methyl sites for hydroxylation is 1. The number of fused-ring (bicyclic) bond motifs is 1. The summed E-state index contributed by atoms with van der Waals surface area (Å²) in [4.78, 5) is 11.4. The van der Waals surface area contributed by atoms with Crippen LogP contribution in [0.1, 0.15) is 42.8 Å². The van der Waals surface area contributed by atoms with E-state index in [1.54, 1.807) is 0 Å². The van der Waals surface area contributed by atoms with E-state index in [4.69, 9.17) is 4.98 Å². The first-order valence-electron chi connectivity index (χ1n) is 7.82. The minimum absolute atomic E-state index is 0.399. The molecule has 1 aromatic heterocycles. The highest BCUT2D eigenvalue weighted by Crippen LogP contribution is 2.32. The van der Waals surface area contributed by atoms with E-state index in [1.165, 1.54) is 54.6 Å². The molecule has 0 radical (unpaired) electrons. The van der Waals surface area contributed by atoms with Crippen LogP contribution in [0.4, 0.5) is 5.13 Å². The first-order chi connectivity index (χ1) is 9.69. The molecule has 2 fully saturated rings. The van der Waals surface area contributed by atoms with Crippen LogP contribution >= 0.6 is 11.3 Å². The molecule has 0 saturated carbocycles. The van der Waals surface area contributed by atoms with Gasteiger partial charge in [-0.15, -0.1) is 11.3 Å². The predicted molar refractivity (Wildman–Crippen MR) is 85.8 cm³/mol. The number of nitrogens with zero attached hydrogens (tertiary/aromatic N) is 3. The Balaban J connectivity index is 1.78. The Kier molecular flexibility index (Phi) is 4.29. The molecule has 1 aromatic rings. The molecular formula is C15H26N4S. The average Bonchev–Trinajstić information content (AvgIpc) is 2.99. The molecule has 0 amide bonds. The molecule has 5 heteroatoms. The van der Waals surface area contributed by atoms with Crippen LogP contribution in [0.2, 0.25) is 0 Å². The zero-order valence-corrected chi connectivity index (χ0v) is 13.7. The van der Waals surface area contributed by atoms with Crippen molar-refractivity contribution >= 4 is 16.5 Å². The summed E-state index contributed by atoms with van der Waals surface area (Å²) in [6.45, 7) is 9.25. The van der Waals surface area contributed by atoms with Crippen molar-refractivity contribution in [3.63, 3.8) is 0 Å². The fraction of sp³-hybridized carbons (Fsp3) is 0.800. The lowest BCUT2D eigenvalue weighted by atomic mass is 10.2. The smallest absolute Gasteiger partial charge is 0.185 e. The number of rotatable bonds is 3. The third kappa shape index (κ3) is 2.71. The van der Waals surface area contributed by atoms with Gasteiger partial charge in [-0.2, -0.15) is 0 Å². The van der Waals surface area contributed by atoms with E-state index in [2.05, 4.69) is 29.0 Å². The van der Waals surface area contributed by atoms with Crippen LogP contribution in [0, 0.1) is 6.92 Å². The molecule has 1 N–H and O–H groups in total. The van der Waals surface area contributed by atoms with Crippen LogP contribution in [-0.2, 0) is 0 Å². The molecule has 0 aromatic carbocycles. The van der Waals surface area contributed by atoms with E-state index >= 15 is 0 Å². The summed E-state index contributed by atoms with van der Waals surface area (Å²) in [6.07, 6.45) is 4.00. The Morgan fingerprint density at radius 2 is 2.10 bits per heavy atom. The van der Waals surface area contributed by atoms with Gasteiger partial charge in [0.05, 0.1) is 5.69 Å². The quantitative estimate of drug-likeness (QED) is 0.927. The Morgan fingerprint density at radius 1 is 1.30 bits per heavy atom. The molecule has 2 aliphatic rings. The maximum Gasteiger partial charge on any atom is 0.185 e. The molecule has 2 aliphatic heterocycles. The molecule has 112 valence electrons. The second-order valence-corrected chi connectivity index (χ2v) is 7.10. The van der Waals surface area contributed by atoms with Crippen LogP contribution in [0.15, 0.2) is 0 Å². The van der Waals surface area contributed by atoms with Crippen LogP contribution in [0.25, 0.3) is 0 Å². The number of thiazole rings is 1. The molecule has 4 nitrogen and oxygen atoms in total.